The van der Waals surface area contributed by atoms with Crippen LogP contribution >= 0.6 is 0 Å². The molecule has 1 fully saturated rings. The standard InChI is InChI=1S/C23H22N4O2/c1-17-9-11-19(12-10-17)26-15-20(14-18-6-3-2-4-7-18)27(16-22(26)28)23(29)21-8-5-13-24-25-21/h2-13,20H,14-16H2,1H3. The van der Waals surface area contributed by atoms with E-state index in [4.69, 9.17) is 0 Å². The number of carbonyl (C=O) groups excluding carboxylic acids is 2. The summed E-state index contributed by atoms with van der Waals surface area (Å²) in [6, 6.07) is 21.0. The lowest BCUT2D eigenvalue weighted by Gasteiger charge is -2.41. The molecular formula is C23H22N4O2. The Morgan fingerprint density at radius 3 is 2.48 bits per heavy atom. The van der Waals surface area contributed by atoms with Crippen LogP contribution < -0.4 is 4.90 Å². The summed E-state index contributed by atoms with van der Waals surface area (Å²) in [6.07, 6.45) is 2.18. The van der Waals surface area contributed by atoms with Gasteiger partial charge in [-0.05, 0) is 43.2 Å². The first-order valence-electron chi connectivity index (χ1n) is 9.61. The molecule has 0 radical (unpaired) electrons. The first-order chi connectivity index (χ1) is 14.1. The first kappa shape index (κ1) is 18.8. The Morgan fingerprint density at radius 1 is 1.03 bits per heavy atom. The number of aromatic nitrogens is 2. The Hall–Kier alpha value is -3.54. The second-order valence-electron chi connectivity index (χ2n) is 7.23. The molecule has 0 bridgehead atoms. The van der Waals surface area contributed by atoms with Gasteiger partial charge >= 0.3 is 0 Å². The Morgan fingerprint density at radius 2 is 1.79 bits per heavy atom. The highest BCUT2D eigenvalue weighted by molar-refractivity contribution is 6.01. The van der Waals surface area contributed by atoms with Gasteiger partial charge in [0.05, 0.1) is 6.04 Å². The zero-order valence-corrected chi connectivity index (χ0v) is 16.2. The van der Waals surface area contributed by atoms with Gasteiger partial charge in [-0.1, -0.05) is 48.0 Å². The van der Waals surface area contributed by atoms with Gasteiger partial charge in [-0.2, -0.15) is 5.10 Å². The lowest BCUT2D eigenvalue weighted by atomic mass is 10.0. The van der Waals surface area contributed by atoms with E-state index in [2.05, 4.69) is 10.2 Å². The summed E-state index contributed by atoms with van der Waals surface area (Å²) in [7, 11) is 0. The number of rotatable bonds is 4. The molecule has 29 heavy (non-hydrogen) atoms. The molecule has 3 aromatic rings. The minimum atomic E-state index is -0.268. The number of hydrogen-bond donors (Lipinski definition) is 0. The van der Waals surface area contributed by atoms with Crippen LogP contribution in [-0.4, -0.2) is 46.0 Å². The molecular weight excluding hydrogens is 364 g/mol. The molecule has 6 heteroatoms. The number of benzene rings is 2. The quantitative estimate of drug-likeness (QED) is 0.692. The first-order valence-corrected chi connectivity index (χ1v) is 9.61. The third kappa shape index (κ3) is 4.16. The molecule has 146 valence electrons. The SMILES string of the molecule is Cc1ccc(N2CC(Cc3ccccc3)N(C(=O)c3cccnn3)CC2=O)cc1. The fraction of sp³-hybridized carbons (Fsp3) is 0.217. The number of amides is 2. The van der Waals surface area contributed by atoms with Gasteiger partial charge in [0, 0.05) is 18.4 Å². The van der Waals surface area contributed by atoms with Gasteiger partial charge in [-0.25, -0.2) is 0 Å². The van der Waals surface area contributed by atoms with E-state index in [1.165, 1.54) is 6.20 Å². The van der Waals surface area contributed by atoms with Crippen molar-refractivity contribution in [3.63, 3.8) is 0 Å². The Balaban J connectivity index is 1.64. The fourth-order valence-electron chi connectivity index (χ4n) is 3.61. The van der Waals surface area contributed by atoms with Crippen LogP contribution in [0.4, 0.5) is 5.69 Å². The van der Waals surface area contributed by atoms with Crippen molar-refractivity contribution in [2.75, 3.05) is 18.0 Å². The molecule has 1 aliphatic rings. The van der Waals surface area contributed by atoms with Gasteiger partial charge in [-0.15, -0.1) is 5.10 Å². The van der Waals surface area contributed by atoms with Crippen LogP contribution in [0.2, 0.25) is 0 Å². The predicted molar refractivity (Wildman–Crippen MR) is 111 cm³/mol. The van der Waals surface area contributed by atoms with Crippen LogP contribution in [-0.2, 0) is 11.2 Å². The van der Waals surface area contributed by atoms with Gasteiger partial charge in [-0.3, -0.25) is 9.59 Å². The van der Waals surface area contributed by atoms with Crippen LogP contribution in [0.3, 0.4) is 0 Å². The molecule has 1 aliphatic heterocycles. The number of carbonyl (C=O) groups is 2. The Kier molecular flexibility index (Phi) is 5.33. The smallest absolute Gasteiger partial charge is 0.275 e. The molecule has 0 aliphatic carbocycles. The van der Waals surface area contributed by atoms with E-state index in [-0.39, 0.29) is 30.1 Å². The van der Waals surface area contributed by atoms with Crippen molar-refractivity contribution in [3.05, 3.63) is 89.7 Å². The maximum absolute atomic E-state index is 13.1. The van der Waals surface area contributed by atoms with E-state index >= 15 is 0 Å². The molecule has 0 spiro atoms. The van der Waals surface area contributed by atoms with E-state index in [0.29, 0.717) is 13.0 Å². The topological polar surface area (TPSA) is 66.4 Å². The fourth-order valence-corrected chi connectivity index (χ4v) is 3.61. The average molecular weight is 386 g/mol. The van der Waals surface area contributed by atoms with E-state index in [1.807, 2.05) is 61.5 Å². The lowest BCUT2D eigenvalue weighted by Crippen LogP contribution is -2.59. The van der Waals surface area contributed by atoms with Crippen LogP contribution in [0.1, 0.15) is 21.6 Å². The van der Waals surface area contributed by atoms with Crippen LogP contribution in [0, 0.1) is 6.92 Å². The molecule has 2 amide bonds. The van der Waals surface area contributed by atoms with Gasteiger partial charge in [0.1, 0.15) is 6.54 Å². The summed E-state index contributed by atoms with van der Waals surface area (Å²) in [6.45, 7) is 2.46. The summed E-state index contributed by atoms with van der Waals surface area (Å²) in [5.74, 6) is -0.369. The van der Waals surface area contributed by atoms with Crippen LogP contribution in [0.15, 0.2) is 72.9 Å². The molecule has 1 atom stereocenters. The number of aryl methyl sites for hydroxylation is 1. The molecule has 0 N–H and O–H groups in total. The largest absolute Gasteiger partial charge is 0.323 e. The summed E-state index contributed by atoms with van der Waals surface area (Å²) in [5, 5.41) is 7.75. The molecule has 0 saturated carbocycles. The van der Waals surface area contributed by atoms with Crippen molar-refractivity contribution in [1.29, 1.82) is 0 Å². The summed E-state index contributed by atoms with van der Waals surface area (Å²) in [4.78, 5) is 29.4. The highest BCUT2D eigenvalue weighted by atomic mass is 16.2. The average Bonchev–Trinajstić information content (AvgIpc) is 2.76. The molecule has 1 saturated heterocycles. The zero-order valence-electron chi connectivity index (χ0n) is 16.2. The number of nitrogens with zero attached hydrogens (tertiary/aromatic N) is 4. The van der Waals surface area contributed by atoms with E-state index in [9.17, 15) is 9.59 Å². The van der Waals surface area contributed by atoms with Crippen molar-refractivity contribution < 1.29 is 9.59 Å². The molecule has 6 nitrogen and oxygen atoms in total. The summed E-state index contributed by atoms with van der Waals surface area (Å²) >= 11 is 0. The van der Waals surface area contributed by atoms with Gasteiger partial charge in [0.25, 0.3) is 5.91 Å². The van der Waals surface area contributed by atoms with Crippen LogP contribution in [0.25, 0.3) is 0 Å². The van der Waals surface area contributed by atoms with E-state index in [1.54, 1.807) is 21.9 Å². The minimum Gasteiger partial charge on any atom is -0.323 e. The van der Waals surface area contributed by atoms with Crippen molar-refractivity contribution in [3.8, 4) is 0 Å². The number of anilines is 1. The van der Waals surface area contributed by atoms with Crippen molar-refractivity contribution in [1.82, 2.24) is 15.1 Å². The third-order valence-corrected chi connectivity index (χ3v) is 5.15. The summed E-state index contributed by atoms with van der Waals surface area (Å²) in [5.41, 5.74) is 3.36. The summed E-state index contributed by atoms with van der Waals surface area (Å²) < 4.78 is 0. The maximum atomic E-state index is 13.1. The lowest BCUT2D eigenvalue weighted by molar-refractivity contribution is -0.121. The van der Waals surface area contributed by atoms with Crippen molar-refractivity contribution in [2.45, 2.75) is 19.4 Å². The second kappa shape index (κ2) is 8.22. The molecule has 4 rings (SSSR count). The van der Waals surface area contributed by atoms with Crippen molar-refractivity contribution >= 4 is 17.5 Å². The Bertz CT molecular complexity index is 990. The molecule has 1 unspecified atom stereocenters. The second-order valence-corrected chi connectivity index (χ2v) is 7.23. The zero-order chi connectivity index (χ0) is 20.2. The number of hydrogen-bond acceptors (Lipinski definition) is 4. The van der Waals surface area contributed by atoms with Crippen LogP contribution in [0.5, 0.6) is 0 Å². The third-order valence-electron chi connectivity index (χ3n) is 5.15. The molecule has 1 aromatic heterocycles. The number of piperazine rings is 1. The highest BCUT2D eigenvalue weighted by Gasteiger charge is 2.36. The van der Waals surface area contributed by atoms with Gasteiger partial charge in [0.15, 0.2) is 5.69 Å². The van der Waals surface area contributed by atoms with Crippen molar-refractivity contribution in [2.24, 2.45) is 0 Å². The van der Waals surface area contributed by atoms with E-state index < -0.39 is 0 Å². The normalized spacial score (nSPS) is 16.7. The molecule has 2 heterocycles. The highest BCUT2D eigenvalue weighted by Crippen LogP contribution is 2.24. The Labute approximate surface area is 169 Å². The van der Waals surface area contributed by atoms with Gasteiger partial charge < -0.3 is 9.80 Å². The maximum Gasteiger partial charge on any atom is 0.275 e. The monoisotopic (exact) mass is 386 g/mol. The molecule has 2 aromatic carbocycles. The minimum absolute atomic E-state index is 0.0147. The predicted octanol–water partition coefficient (Wildman–Crippen LogP) is 2.89. The van der Waals surface area contributed by atoms with Gasteiger partial charge in [0.2, 0.25) is 5.91 Å². The van der Waals surface area contributed by atoms with E-state index in [0.717, 1.165) is 16.8 Å².